The van der Waals surface area contributed by atoms with Crippen molar-refractivity contribution in [3.8, 4) is 0 Å². The molecule has 0 saturated heterocycles. The van der Waals surface area contributed by atoms with Gasteiger partial charge in [-0.05, 0) is 37.0 Å². The zero-order valence-electron chi connectivity index (χ0n) is 12.8. The Labute approximate surface area is 125 Å². The molecule has 5 nitrogen and oxygen atoms in total. The number of nitrogens with one attached hydrogen (secondary N) is 1. The maximum Gasteiger partial charge on any atom is 0.242 e. The third kappa shape index (κ3) is 4.41. The Hall–Kier alpha value is -2.17. The van der Waals surface area contributed by atoms with Crippen molar-refractivity contribution in [2.24, 2.45) is 0 Å². The molecule has 0 spiro atoms. The van der Waals surface area contributed by atoms with Crippen LogP contribution in [0.5, 0.6) is 0 Å². The van der Waals surface area contributed by atoms with Gasteiger partial charge in [0.15, 0.2) is 0 Å². The highest BCUT2D eigenvalue weighted by Crippen LogP contribution is 2.17. The van der Waals surface area contributed by atoms with Gasteiger partial charge in [-0.25, -0.2) is 0 Å². The molecule has 0 saturated carbocycles. The summed E-state index contributed by atoms with van der Waals surface area (Å²) >= 11 is 0. The molecule has 1 atom stereocenters. The summed E-state index contributed by atoms with van der Waals surface area (Å²) in [5.41, 5.74) is 3.19. The average Bonchev–Trinajstić information content (AvgIpc) is 2.48. The predicted molar refractivity (Wildman–Crippen MR) is 80.7 cm³/mol. The largest absolute Gasteiger partial charge is 0.357 e. The lowest BCUT2D eigenvalue weighted by Gasteiger charge is -2.27. The lowest BCUT2D eigenvalue weighted by molar-refractivity contribution is -0.133. The number of aryl methyl sites for hydroxylation is 2. The van der Waals surface area contributed by atoms with Crippen LogP contribution in [0.15, 0.2) is 18.2 Å². The maximum absolute atomic E-state index is 12.0. The highest BCUT2D eigenvalue weighted by Gasteiger charge is 2.24. The topological polar surface area (TPSA) is 66.5 Å². The van der Waals surface area contributed by atoms with E-state index in [2.05, 4.69) is 5.32 Å². The lowest BCUT2D eigenvalue weighted by atomic mass is 10.0. The molecule has 1 aromatic rings. The van der Waals surface area contributed by atoms with E-state index in [0.717, 1.165) is 23.0 Å². The number of hydrogen-bond acceptors (Lipinski definition) is 3. The zero-order chi connectivity index (χ0) is 15.8. The highest BCUT2D eigenvalue weighted by atomic mass is 16.2. The monoisotopic (exact) mass is 290 g/mol. The number of rotatable bonds is 8. The smallest absolute Gasteiger partial charge is 0.242 e. The Balaban J connectivity index is 3.00. The fourth-order valence-corrected chi connectivity index (χ4v) is 2.34. The van der Waals surface area contributed by atoms with E-state index < -0.39 is 6.04 Å². The normalized spacial score (nSPS) is 11.6. The molecule has 0 fully saturated rings. The van der Waals surface area contributed by atoms with E-state index in [9.17, 15) is 14.4 Å². The van der Waals surface area contributed by atoms with Crippen molar-refractivity contribution >= 4 is 18.6 Å². The van der Waals surface area contributed by atoms with Gasteiger partial charge in [0.25, 0.3) is 0 Å². The van der Waals surface area contributed by atoms with Crippen LogP contribution in [0.2, 0.25) is 0 Å². The molecule has 0 radical (unpaired) electrons. The van der Waals surface area contributed by atoms with Crippen LogP contribution in [0.3, 0.4) is 0 Å². The van der Waals surface area contributed by atoms with Gasteiger partial charge in [-0.2, -0.15) is 0 Å². The second-order valence-electron chi connectivity index (χ2n) is 5.02. The molecule has 0 aliphatic carbocycles. The van der Waals surface area contributed by atoms with Crippen LogP contribution < -0.4 is 5.32 Å². The second kappa shape index (κ2) is 8.19. The molecule has 1 rings (SSSR count). The van der Waals surface area contributed by atoms with Crippen molar-refractivity contribution in [3.63, 3.8) is 0 Å². The number of carbonyl (C=O) groups excluding carboxylic acids is 3. The van der Waals surface area contributed by atoms with E-state index in [1.54, 1.807) is 0 Å². The second-order valence-corrected chi connectivity index (χ2v) is 5.02. The minimum absolute atomic E-state index is 0.245. The van der Waals surface area contributed by atoms with E-state index >= 15 is 0 Å². The molecule has 2 amide bonds. The number of likely N-dealkylation sites (N-methyl/N-ethyl adjacent to an activating group) is 1. The van der Waals surface area contributed by atoms with Gasteiger partial charge in [0.2, 0.25) is 12.3 Å². The zero-order valence-corrected chi connectivity index (χ0v) is 12.8. The van der Waals surface area contributed by atoms with Crippen LogP contribution in [0.25, 0.3) is 0 Å². The lowest BCUT2D eigenvalue weighted by Crippen LogP contribution is -2.45. The van der Waals surface area contributed by atoms with E-state index in [4.69, 9.17) is 0 Å². The van der Waals surface area contributed by atoms with E-state index in [0.29, 0.717) is 19.4 Å². The molecule has 21 heavy (non-hydrogen) atoms. The van der Waals surface area contributed by atoms with Crippen LogP contribution in [-0.2, 0) is 20.9 Å². The molecule has 5 heteroatoms. The van der Waals surface area contributed by atoms with Gasteiger partial charge in [0.05, 0.1) is 0 Å². The van der Waals surface area contributed by atoms with Crippen LogP contribution in [0.4, 0.5) is 0 Å². The summed E-state index contributed by atoms with van der Waals surface area (Å²) in [4.78, 5) is 35.4. The SMILES string of the molecule is CNC(=O)C(CCC=O)N(C=O)Cc1c(C)cccc1C. The summed E-state index contributed by atoms with van der Waals surface area (Å²) in [6.07, 6.45) is 2.01. The molecule has 0 heterocycles. The third-order valence-corrected chi connectivity index (χ3v) is 3.63. The molecule has 1 aromatic carbocycles. The Morgan fingerprint density at radius 2 is 1.90 bits per heavy atom. The van der Waals surface area contributed by atoms with Gasteiger partial charge in [0, 0.05) is 20.0 Å². The van der Waals surface area contributed by atoms with Crippen molar-refractivity contribution in [2.75, 3.05) is 7.05 Å². The summed E-state index contributed by atoms with van der Waals surface area (Å²) in [5, 5.41) is 2.55. The van der Waals surface area contributed by atoms with Crippen molar-refractivity contribution in [3.05, 3.63) is 34.9 Å². The van der Waals surface area contributed by atoms with Gasteiger partial charge < -0.3 is 15.0 Å². The molecular weight excluding hydrogens is 268 g/mol. The quantitative estimate of drug-likeness (QED) is 0.735. The maximum atomic E-state index is 12.0. The molecular formula is C16H22N2O3. The third-order valence-electron chi connectivity index (χ3n) is 3.63. The van der Waals surface area contributed by atoms with Crippen molar-refractivity contribution in [2.45, 2.75) is 39.3 Å². The fourth-order valence-electron chi connectivity index (χ4n) is 2.34. The molecule has 114 valence electrons. The van der Waals surface area contributed by atoms with Crippen molar-refractivity contribution < 1.29 is 14.4 Å². The Morgan fingerprint density at radius 1 is 1.29 bits per heavy atom. The van der Waals surface area contributed by atoms with Crippen LogP contribution in [0, 0.1) is 13.8 Å². The average molecular weight is 290 g/mol. The standard InChI is InChI=1S/C16H22N2O3/c1-12-6-4-7-13(2)14(12)10-18(11-20)15(8-5-9-19)16(21)17-3/h4,6-7,9,11,15H,5,8,10H2,1-3H3,(H,17,21). The summed E-state index contributed by atoms with van der Waals surface area (Å²) < 4.78 is 0. The van der Waals surface area contributed by atoms with Gasteiger partial charge in [-0.1, -0.05) is 18.2 Å². The first-order chi connectivity index (χ1) is 10.0. The highest BCUT2D eigenvalue weighted by molar-refractivity contribution is 5.83. The molecule has 0 aliphatic rings. The number of aldehydes is 1. The summed E-state index contributed by atoms with van der Waals surface area (Å²) in [7, 11) is 1.53. The van der Waals surface area contributed by atoms with E-state index in [1.165, 1.54) is 11.9 Å². The van der Waals surface area contributed by atoms with Crippen LogP contribution in [-0.4, -0.2) is 36.6 Å². The number of hydrogen-bond donors (Lipinski definition) is 1. The Morgan fingerprint density at radius 3 is 2.38 bits per heavy atom. The van der Waals surface area contributed by atoms with Gasteiger partial charge in [-0.15, -0.1) is 0 Å². The first-order valence-corrected chi connectivity index (χ1v) is 6.96. The number of carbonyl (C=O) groups is 3. The van der Waals surface area contributed by atoms with E-state index in [-0.39, 0.29) is 12.3 Å². The first kappa shape index (κ1) is 16.9. The number of amides is 2. The molecule has 0 bridgehead atoms. The molecule has 1 unspecified atom stereocenters. The minimum Gasteiger partial charge on any atom is -0.357 e. The Bertz CT molecular complexity index is 494. The predicted octanol–water partition coefficient (Wildman–Crippen LogP) is 1.36. The van der Waals surface area contributed by atoms with Gasteiger partial charge in [-0.3, -0.25) is 9.59 Å². The number of nitrogens with zero attached hydrogens (tertiary/aromatic N) is 1. The molecule has 0 aliphatic heterocycles. The van der Waals surface area contributed by atoms with Crippen LogP contribution in [0.1, 0.15) is 29.5 Å². The van der Waals surface area contributed by atoms with Gasteiger partial charge >= 0.3 is 0 Å². The molecule has 0 aromatic heterocycles. The minimum atomic E-state index is -0.628. The van der Waals surface area contributed by atoms with Crippen molar-refractivity contribution in [1.29, 1.82) is 0 Å². The first-order valence-electron chi connectivity index (χ1n) is 6.96. The fraction of sp³-hybridized carbons (Fsp3) is 0.438. The Kier molecular flexibility index (Phi) is 6.59. The summed E-state index contributed by atoms with van der Waals surface area (Å²) in [6.45, 7) is 4.32. The summed E-state index contributed by atoms with van der Waals surface area (Å²) in [5.74, 6) is -0.254. The van der Waals surface area contributed by atoms with Crippen molar-refractivity contribution in [1.82, 2.24) is 10.2 Å². The van der Waals surface area contributed by atoms with E-state index in [1.807, 2.05) is 32.0 Å². The summed E-state index contributed by atoms with van der Waals surface area (Å²) in [6, 6.07) is 5.29. The number of benzene rings is 1. The molecule has 1 N–H and O–H groups in total. The van der Waals surface area contributed by atoms with Crippen LogP contribution >= 0.6 is 0 Å². The van der Waals surface area contributed by atoms with Gasteiger partial charge in [0.1, 0.15) is 12.3 Å².